The van der Waals surface area contributed by atoms with Crippen molar-refractivity contribution in [3.8, 4) is 11.3 Å². The highest BCUT2D eigenvalue weighted by molar-refractivity contribution is 6.52. The predicted octanol–water partition coefficient (Wildman–Crippen LogP) is 1.90. The van der Waals surface area contributed by atoms with Crippen LogP contribution >= 0.6 is 0 Å². The van der Waals surface area contributed by atoms with Gasteiger partial charge in [0.25, 0.3) is 5.78 Å². The van der Waals surface area contributed by atoms with Crippen LogP contribution in [0.2, 0.25) is 0 Å². The topological polar surface area (TPSA) is 178 Å². The van der Waals surface area contributed by atoms with Crippen molar-refractivity contribution in [2.75, 3.05) is 19.6 Å². The van der Waals surface area contributed by atoms with E-state index in [9.17, 15) is 29.1 Å². The van der Waals surface area contributed by atoms with Gasteiger partial charge in [-0.2, -0.15) is 0 Å². The molecule has 11 nitrogen and oxygen atoms in total. The molecule has 11 heteroatoms. The highest BCUT2D eigenvalue weighted by Gasteiger charge is 2.38. The third-order valence-corrected chi connectivity index (χ3v) is 4.77. The molecule has 0 saturated carbocycles. The van der Waals surface area contributed by atoms with E-state index >= 15 is 0 Å². The van der Waals surface area contributed by atoms with Crippen molar-refractivity contribution in [1.82, 2.24) is 14.9 Å². The molecule has 0 amide bonds. The number of hydrogen-bond donors (Lipinski definition) is 4. The first-order valence-corrected chi connectivity index (χ1v) is 9.36. The Labute approximate surface area is 176 Å². The summed E-state index contributed by atoms with van der Waals surface area (Å²) in [6.45, 7) is 10.1. The molecule has 0 aliphatic heterocycles. The monoisotopic (exact) mass is 431 g/mol. The van der Waals surface area contributed by atoms with Crippen molar-refractivity contribution in [1.29, 1.82) is 0 Å². The van der Waals surface area contributed by atoms with Crippen molar-refractivity contribution in [3.05, 3.63) is 40.3 Å². The molecule has 31 heavy (non-hydrogen) atoms. The second-order valence-corrected chi connectivity index (χ2v) is 6.44. The van der Waals surface area contributed by atoms with Crippen LogP contribution in [0.1, 0.15) is 73.0 Å². The van der Waals surface area contributed by atoms with E-state index in [0.717, 1.165) is 12.1 Å². The van der Waals surface area contributed by atoms with Crippen LogP contribution in [0.4, 0.5) is 0 Å². The molecular weight excluding hydrogens is 410 g/mol. The number of H-pyrrole nitrogens is 1. The Morgan fingerprint density at radius 2 is 1.48 bits per heavy atom. The molecule has 1 aliphatic rings. The Morgan fingerprint density at radius 3 is 1.90 bits per heavy atom. The fourth-order valence-electron chi connectivity index (χ4n) is 3.09. The minimum atomic E-state index is -1.58. The predicted molar refractivity (Wildman–Crippen MR) is 107 cm³/mol. The molecule has 4 N–H and O–H groups in total. The van der Waals surface area contributed by atoms with E-state index in [-0.39, 0.29) is 16.8 Å². The normalized spacial score (nSPS) is 12.0. The maximum Gasteiger partial charge on any atom is 0.354 e. The molecule has 3 rings (SSSR count). The van der Waals surface area contributed by atoms with E-state index in [0.29, 0.717) is 0 Å². The van der Waals surface area contributed by atoms with E-state index in [4.69, 9.17) is 10.2 Å². The molecule has 0 spiro atoms. The van der Waals surface area contributed by atoms with E-state index in [2.05, 4.69) is 35.6 Å². The highest BCUT2D eigenvalue weighted by atomic mass is 16.4. The minimum Gasteiger partial charge on any atom is -0.478 e. The molecule has 0 radical (unpaired) electrons. The summed E-state index contributed by atoms with van der Waals surface area (Å²) in [4.78, 5) is 66.0. The summed E-state index contributed by atoms with van der Waals surface area (Å²) in [5.74, 6) is -6.87. The zero-order chi connectivity index (χ0) is 23.5. The van der Waals surface area contributed by atoms with Crippen LogP contribution in [0.5, 0.6) is 0 Å². The van der Waals surface area contributed by atoms with Gasteiger partial charge < -0.3 is 25.2 Å². The van der Waals surface area contributed by atoms with Crippen molar-refractivity contribution < 1.29 is 39.3 Å². The number of nitrogens with zero attached hydrogens (tertiary/aromatic N) is 2. The molecule has 1 aliphatic carbocycles. The summed E-state index contributed by atoms with van der Waals surface area (Å²) in [7, 11) is 0. The number of rotatable bonds is 6. The molecule has 0 fully saturated rings. The van der Waals surface area contributed by atoms with Crippen molar-refractivity contribution in [3.63, 3.8) is 0 Å². The van der Waals surface area contributed by atoms with Crippen LogP contribution < -0.4 is 0 Å². The van der Waals surface area contributed by atoms with Gasteiger partial charge >= 0.3 is 17.9 Å². The van der Waals surface area contributed by atoms with Crippen LogP contribution in [0, 0.1) is 0 Å². The van der Waals surface area contributed by atoms with Crippen molar-refractivity contribution in [2.24, 2.45) is 0 Å². The number of carboxylic acid groups (broad SMARTS) is 3. The second-order valence-electron chi connectivity index (χ2n) is 6.44. The molecule has 2 aromatic heterocycles. The van der Waals surface area contributed by atoms with E-state index < -0.39 is 52.1 Å². The zero-order valence-electron chi connectivity index (χ0n) is 17.1. The van der Waals surface area contributed by atoms with Crippen LogP contribution in [-0.2, 0) is 0 Å². The summed E-state index contributed by atoms with van der Waals surface area (Å²) in [6.07, 6.45) is 0. The lowest BCUT2D eigenvalue weighted by molar-refractivity contribution is 0.0677. The Kier molecular flexibility index (Phi) is 7.03. The fourth-order valence-corrected chi connectivity index (χ4v) is 3.09. The average molecular weight is 431 g/mol. The number of aromatic amines is 1. The first kappa shape index (κ1) is 23.4. The standard InChI is InChI=1S/C14H6N2O8.C6H15N/c17-10-4-2-6(14(23)24)15-8(4)7-3(12(19)20)1-5(13(21)22)16-9(7)11(10)18;1-4-7(5-2)6-3/h1-2,15H,(H,19,20)(H,21,22)(H,23,24);4-6H2,1-3H3. The Hall–Kier alpha value is -3.86. The SMILES string of the molecule is CCN(CC)CC.O=C(O)c1cc(C(=O)O)c2c(n1)C(=O)C(=O)c1cc(C(=O)O)[nH]c1-2. The lowest BCUT2D eigenvalue weighted by Gasteiger charge is -2.16. The molecule has 0 bridgehead atoms. The molecule has 0 aromatic carbocycles. The number of Topliss-reactive ketones (excluding diaryl/α,β-unsaturated/α-hetero) is 2. The molecule has 0 saturated heterocycles. The van der Waals surface area contributed by atoms with Crippen LogP contribution in [-0.4, -0.2) is 79.3 Å². The highest BCUT2D eigenvalue weighted by Crippen LogP contribution is 2.35. The van der Waals surface area contributed by atoms with Gasteiger partial charge in [0.2, 0.25) is 5.78 Å². The van der Waals surface area contributed by atoms with Gasteiger partial charge in [0.1, 0.15) is 17.1 Å². The summed E-state index contributed by atoms with van der Waals surface area (Å²) in [6, 6.07) is 1.65. The van der Waals surface area contributed by atoms with Gasteiger partial charge in [-0.15, -0.1) is 0 Å². The number of pyridine rings is 1. The Balaban J connectivity index is 0.000000423. The van der Waals surface area contributed by atoms with Gasteiger partial charge in [0, 0.05) is 5.56 Å². The van der Waals surface area contributed by atoms with Gasteiger partial charge in [-0.25, -0.2) is 19.4 Å². The lowest BCUT2D eigenvalue weighted by atomic mass is 9.88. The molecule has 0 unspecified atom stereocenters. The lowest BCUT2D eigenvalue weighted by Crippen LogP contribution is -2.25. The maximum absolute atomic E-state index is 12.1. The first-order valence-electron chi connectivity index (χ1n) is 9.36. The smallest absolute Gasteiger partial charge is 0.354 e. The van der Waals surface area contributed by atoms with Crippen molar-refractivity contribution in [2.45, 2.75) is 20.8 Å². The van der Waals surface area contributed by atoms with E-state index in [1.807, 2.05) is 0 Å². The van der Waals surface area contributed by atoms with Gasteiger partial charge in [-0.3, -0.25) is 9.59 Å². The number of carboxylic acids is 3. The quantitative estimate of drug-likeness (QED) is 0.494. The van der Waals surface area contributed by atoms with Gasteiger partial charge in [0.05, 0.1) is 16.8 Å². The number of ketones is 2. The van der Waals surface area contributed by atoms with Gasteiger partial charge in [-0.1, -0.05) is 20.8 Å². The van der Waals surface area contributed by atoms with E-state index in [1.54, 1.807) is 0 Å². The molecular formula is C20H21N3O8. The summed E-state index contributed by atoms with van der Waals surface area (Å²) in [5, 5.41) is 27.3. The number of aromatic nitrogens is 2. The number of carbonyl (C=O) groups is 5. The van der Waals surface area contributed by atoms with Gasteiger partial charge in [0.15, 0.2) is 0 Å². The minimum absolute atomic E-state index is 0.200. The molecule has 2 heterocycles. The second kappa shape index (κ2) is 9.30. The third kappa shape index (κ3) is 4.51. The fraction of sp³-hybridized carbons (Fsp3) is 0.300. The molecule has 2 aromatic rings. The van der Waals surface area contributed by atoms with Crippen molar-refractivity contribution >= 4 is 29.5 Å². The Bertz CT molecular complexity index is 1080. The number of aromatic carboxylic acids is 3. The largest absolute Gasteiger partial charge is 0.478 e. The van der Waals surface area contributed by atoms with E-state index in [1.165, 1.54) is 19.6 Å². The van der Waals surface area contributed by atoms with Crippen LogP contribution in [0.3, 0.4) is 0 Å². The molecule has 0 atom stereocenters. The maximum atomic E-state index is 12.1. The summed E-state index contributed by atoms with van der Waals surface area (Å²) in [5.41, 5.74) is -3.21. The van der Waals surface area contributed by atoms with Crippen LogP contribution in [0.15, 0.2) is 12.1 Å². The third-order valence-electron chi connectivity index (χ3n) is 4.77. The number of fused-ring (bicyclic) bond motifs is 3. The Morgan fingerprint density at radius 1 is 0.903 bits per heavy atom. The summed E-state index contributed by atoms with van der Waals surface area (Å²) < 4.78 is 0. The number of nitrogens with one attached hydrogen (secondary N) is 1. The number of hydrogen-bond acceptors (Lipinski definition) is 7. The molecule has 164 valence electrons. The first-order chi connectivity index (χ1) is 14.6. The van der Waals surface area contributed by atoms with Gasteiger partial charge in [-0.05, 0) is 31.8 Å². The average Bonchev–Trinajstić information content (AvgIpc) is 3.18. The van der Waals surface area contributed by atoms with Crippen LogP contribution in [0.25, 0.3) is 11.3 Å². The summed E-state index contributed by atoms with van der Waals surface area (Å²) >= 11 is 0. The number of carbonyl (C=O) groups excluding carboxylic acids is 2. The zero-order valence-corrected chi connectivity index (χ0v) is 17.1.